The molecule has 298 valence electrons. The summed E-state index contributed by atoms with van der Waals surface area (Å²) >= 11 is 10.5. The van der Waals surface area contributed by atoms with Crippen LogP contribution in [0.4, 0.5) is 0 Å². The Bertz CT molecular complexity index is 2650. The van der Waals surface area contributed by atoms with Gasteiger partial charge in [-0.25, -0.2) is 0 Å². The molecule has 0 fully saturated rings. The first-order valence-electron chi connectivity index (χ1n) is 20.5. The Morgan fingerprint density at radius 3 is 1.34 bits per heavy atom. The number of thiophene rings is 6. The predicted octanol–water partition coefficient (Wildman–Crippen LogP) is 12.9. The Hall–Kier alpha value is -4.36. The minimum atomic E-state index is -0.0401. The molecule has 6 heterocycles. The van der Waals surface area contributed by atoms with Crippen LogP contribution in [0.5, 0.6) is 0 Å². The van der Waals surface area contributed by atoms with E-state index in [1.807, 2.05) is 93.9 Å². The van der Waals surface area contributed by atoms with E-state index in [9.17, 15) is 21.0 Å². The molecule has 0 amide bonds. The smallest absolute Gasteiger partial charge is 0.146 e. The van der Waals surface area contributed by atoms with Crippen LogP contribution < -0.4 is 18.1 Å². The molecule has 1 aliphatic rings. The van der Waals surface area contributed by atoms with Gasteiger partial charge in [-0.2, -0.15) is 21.0 Å². The third-order valence-electron chi connectivity index (χ3n) is 11.6. The van der Waals surface area contributed by atoms with E-state index in [4.69, 9.17) is 0 Å². The highest BCUT2D eigenvalue weighted by molar-refractivity contribution is 7.29. The monoisotopic (exact) mass is 882 g/mol. The number of fused-ring (bicyclic) bond motifs is 3. The van der Waals surface area contributed by atoms with E-state index in [2.05, 4.69) is 76.2 Å². The number of rotatable bonds is 16. The first-order chi connectivity index (χ1) is 28.8. The van der Waals surface area contributed by atoms with Crippen molar-refractivity contribution >= 4 is 91.3 Å². The first kappa shape index (κ1) is 42.8. The molecule has 2 atom stereocenters. The highest BCUT2D eigenvalue weighted by Crippen LogP contribution is 2.63. The van der Waals surface area contributed by atoms with Gasteiger partial charge >= 0.3 is 0 Å². The third-order valence-corrected chi connectivity index (χ3v) is 18.6. The summed E-state index contributed by atoms with van der Waals surface area (Å²) in [6.45, 7) is 9.44. The van der Waals surface area contributed by atoms with Crippen LogP contribution in [0.2, 0.25) is 0 Å². The summed E-state index contributed by atoms with van der Waals surface area (Å²) in [7, 11) is 0. The van der Waals surface area contributed by atoms with Crippen molar-refractivity contribution < 1.29 is 0 Å². The van der Waals surface area contributed by atoms with Crippen molar-refractivity contribution in [2.75, 3.05) is 0 Å². The number of nitriles is 4. The van der Waals surface area contributed by atoms with Gasteiger partial charge in [-0.3, -0.25) is 0 Å². The van der Waals surface area contributed by atoms with E-state index < -0.39 is 0 Å². The molecule has 4 nitrogen and oxygen atoms in total. The van der Waals surface area contributed by atoms with Gasteiger partial charge in [0.15, 0.2) is 0 Å². The molecular weight excluding hydrogens is 837 g/mol. The lowest BCUT2D eigenvalue weighted by molar-refractivity contribution is 0.266. The molecule has 59 heavy (non-hydrogen) atoms. The maximum Gasteiger partial charge on any atom is 0.146 e. The number of unbranched alkanes of at least 4 members (excludes halogenated alkanes) is 2. The van der Waals surface area contributed by atoms with E-state index in [0.717, 1.165) is 18.8 Å². The Labute approximate surface area is 371 Å². The van der Waals surface area contributed by atoms with Crippen LogP contribution in [-0.2, 0) is 5.41 Å². The lowest BCUT2D eigenvalue weighted by Crippen LogP contribution is -2.31. The lowest BCUT2D eigenvalue weighted by Gasteiger charge is -2.37. The van der Waals surface area contributed by atoms with Crippen LogP contribution in [0, 0.1) is 57.2 Å². The van der Waals surface area contributed by atoms with Crippen molar-refractivity contribution in [1.29, 1.82) is 21.0 Å². The Morgan fingerprint density at radius 2 is 0.966 bits per heavy atom. The van der Waals surface area contributed by atoms with Gasteiger partial charge in [-0.15, -0.1) is 68.0 Å². The van der Waals surface area contributed by atoms with Gasteiger partial charge in [0.05, 0.1) is 9.06 Å². The van der Waals surface area contributed by atoms with E-state index in [-0.39, 0.29) is 16.6 Å². The maximum atomic E-state index is 9.37. The summed E-state index contributed by atoms with van der Waals surface area (Å²) in [4.78, 5) is 10.5. The number of hydrogen-bond acceptors (Lipinski definition) is 10. The van der Waals surface area contributed by atoms with Crippen LogP contribution >= 0.6 is 68.0 Å². The summed E-state index contributed by atoms with van der Waals surface area (Å²) in [6.07, 6.45) is 16.6. The standard InChI is InChI=1S/C49H46N4S6/c1-5-9-11-31(7-3)25-49(26-32(8-4)12-10-6-2)39-23-45(43-19-15-37(56-43)21-35-13-17-41(54-35)33(27-50)28-51)58-47(39)48-40(49)24-46(59-48)44-20-16-38(57-44)22-36-14-18-42(55-36)34(29-52)30-53/h13-24,31-32H,5-12,25-26H2,1-4H3/b35-21+,36-22+. The molecule has 0 aliphatic heterocycles. The normalized spacial score (nSPS) is 14.2. The van der Waals surface area contributed by atoms with Crippen LogP contribution in [0.3, 0.4) is 0 Å². The Kier molecular flexibility index (Phi) is 14.0. The van der Waals surface area contributed by atoms with Crippen LogP contribution in [0.25, 0.3) is 52.6 Å². The van der Waals surface area contributed by atoms with Crippen molar-refractivity contribution in [3.63, 3.8) is 0 Å². The van der Waals surface area contributed by atoms with Gasteiger partial charge in [0, 0.05) is 53.5 Å². The minimum Gasteiger partial charge on any atom is -0.192 e. The van der Waals surface area contributed by atoms with E-state index in [1.165, 1.54) is 116 Å². The summed E-state index contributed by atoms with van der Waals surface area (Å²) < 4.78 is 3.50. The molecular formula is C49H46N4S6. The van der Waals surface area contributed by atoms with Crippen molar-refractivity contribution in [2.24, 2.45) is 11.8 Å². The van der Waals surface area contributed by atoms with Crippen LogP contribution in [-0.4, -0.2) is 0 Å². The van der Waals surface area contributed by atoms with Gasteiger partial charge in [-0.1, -0.05) is 79.1 Å². The molecule has 0 saturated carbocycles. The zero-order valence-corrected chi connectivity index (χ0v) is 38.8. The molecule has 7 rings (SSSR count). The second-order valence-electron chi connectivity index (χ2n) is 15.3. The molecule has 2 unspecified atom stereocenters. The Balaban J connectivity index is 1.34. The molecule has 0 spiro atoms. The molecule has 0 saturated heterocycles. The van der Waals surface area contributed by atoms with E-state index in [1.54, 1.807) is 11.1 Å². The van der Waals surface area contributed by atoms with E-state index >= 15 is 0 Å². The van der Waals surface area contributed by atoms with Crippen LogP contribution in [0.1, 0.15) is 113 Å². The summed E-state index contributed by atoms with van der Waals surface area (Å²) in [6, 6.07) is 29.9. The average Bonchev–Trinajstić information content (AvgIpc) is 4.11. The maximum absolute atomic E-state index is 9.37. The van der Waals surface area contributed by atoms with Gasteiger partial charge in [0.25, 0.3) is 0 Å². The highest BCUT2D eigenvalue weighted by atomic mass is 32.1. The third kappa shape index (κ3) is 9.06. The highest BCUT2D eigenvalue weighted by Gasteiger charge is 2.48. The van der Waals surface area contributed by atoms with Crippen molar-refractivity contribution in [2.45, 2.75) is 97.3 Å². The van der Waals surface area contributed by atoms with Crippen molar-refractivity contribution in [3.05, 3.63) is 99.7 Å². The summed E-state index contributed by atoms with van der Waals surface area (Å²) in [5.74, 6) is 1.31. The van der Waals surface area contributed by atoms with Crippen molar-refractivity contribution in [1.82, 2.24) is 0 Å². The largest absolute Gasteiger partial charge is 0.192 e. The predicted molar refractivity (Wildman–Crippen MR) is 254 cm³/mol. The molecule has 1 aliphatic carbocycles. The fourth-order valence-electron chi connectivity index (χ4n) is 8.42. The molecule has 6 aromatic rings. The van der Waals surface area contributed by atoms with Gasteiger partial charge in [0.1, 0.15) is 35.4 Å². The lowest BCUT2D eigenvalue weighted by atomic mass is 9.65. The summed E-state index contributed by atoms with van der Waals surface area (Å²) in [5, 5.41) is 37.5. The molecule has 6 aromatic heterocycles. The van der Waals surface area contributed by atoms with Crippen molar-refractivity contribution in [3.8, 4) is 53.5 Å². The van der Waals surface area contributed by atoms with Crippen LogP contribution in [0.15, 0.2) is 60.7 Å². The summed E-state index contributed by atoms with van der Waals surface area (Å²) in [5.41, 5.74) is 3.38. The average molecular weight is 883 g/mol. The number of hydrogen-bond donors (Lipinski definition) is 0. The van der Waals surface area contributed by atoms with Gasteiger partial charge < -0.3 is 0 Å². The van der Waals surface area contributed by atoms with E-state index in [0.29, 0.717) is 20.9 Å². The number of nitrogens with zero attached hydrogens (tertiary/aromatic N) is 4. The topological polar surface area (TPSA) is 95.2 Å². The Morgan fingerprint density at radius 1 is 0.542 bits per heavy atom. The molecule has 10 heteroatoms. The minimum absolute atomic E-state index is 0.0401. The second kappa shape index (κ2) is 19.4. The second-order valence-corrected chi connectivity index (χ2v) is 21.9. The SMILES string of the molecule is CCCCC(CC)CC1(CC(CC)CCCC)c2cc(-c3ccc(/C=c4\ccc(=C(C#N)C#N)s4)s3)sc2-c2sc(-c3ccc(/C=c4\ccc(=C(C#N)C#N)s4)s3)cc21. The first-order valence-corrected chi connectivity index (χ1v) is 25.4. The van der Waals surface area contributed by atoms with Gasteiger partial charge in [0.2, 0.25) is 0 Å². The molecule has 0 radical (unpaired) electrons. The van der Waals surface area contributed by atoms with Gasteiger partial charge in [-0.05, 0) is 109 Å². The molecule has 0 aromatic carbocycles. The quantitative estimate of drug-likeness (QED) is 0.0967. The molecule has 0 N–H and O–H groups in total. The zero-order valence-electron chi connectivity index (χ0n) is 33.9. The zero-order chi connectivity index (χ0) is 41.5. The fourth-order valence-corrected chi connectivity index (χ4v) is 15.1. The fraction of sp³-hybridized carbons (Fsp3) is 0.347. The molecule has 0 bridgehead atoms.